The second-order valence-electron chi connectivity index (χ2n) is 7.12. The molecule has 0 aliphatic carbocycles. The van der Waals surface area contributed by atoms with Gasteiger partial charge >= 0.3 is 0 Å². The molecule has 0 radical (unpaired) electrons. The molecule has 1 aromatic heterocycles. The van der Waals surface area contributed by atoms with Crippen molar-refractivity contribution in [1.82, 2.24) is 14.5 Å². The monoisotopic (exact) mass is 377 g/mol. The average molecular weight is 377 g/mol. The molecule has 0 unspecified atom stereocenters. The molecule has 28 heavy (non-hydrogen) atoms. The van der Waals surface area contributed by atoms with E-state index in [0.29, 0.717) is 29.8 Å². The van der Waals surface area contributed by atoms with Crippen LogP contribution in [0.5, 0.6) is 5.75 Å². The van der Waals surface area contributed by atoms with Crippen LogP contribution >= 0.6 is 0 Å². The van der Waals surface area contributed by atoms with Crippen molar-refractivity contribution < 1.29 is 9.53 Å². The minimum absolute atomic E-state index is 0.0105. The Balaban J connectivity index is 1.43. The molecule has 6 nitrogen and oxygen atoms in total. The van der Waals surface area contributed by atoms with Crippen molar-refractivity contribution in [1.29, 1.82) is 0 Å². The Bertz CT molecular complexity index is 1080. The predicted octanol–water partition coefficient (Wildman–Crippen LogP) is 2.56. The van der Waals surface area contributed by atoms with Gasteiger partial charge in [0.2, 0.25) is 5.91 Å². The van der Waals surface area contributed by atoms with Crippen LogP contribution in [-0.4, -0.2) is 39.6 Å². The van der Waals surface area contributed by atoms with Crippen molar-refractivity contribution in [2.45, 2.75) is 32.9 Å². The molecule has 0 spiro atoms. The molecular formula is C22H23N3O3. The van der Waals surface area contributed by atoms with Crippen LogP contribution in [0, 0.1) is 6.92 Å². The van der Waals surface area contributed by atoms with Gasteiger partial charge in [0.1, 0.15) is 24.1 Å². The molecule has 0 saturated carbocycles. The highest BCUT2D eigenvalue weighted by Crippen LogP contribution is 2.20. The number of amides is 1. The topological polar surface area (TPSA) is 64.4 Å². The summed E-state index contributed by atoms with van der Waals surface area (Å²) < 4.78 is 7.48. The van der Waals surface area contributed by atoms with Crippen LogP contribution in [0.15, 0.2) is 53.3 Å². The van der Waals surface area contributed by atoms with E-state index in [1.807, 2.05) is 42.5 Å². The Morgan fingerprint density at radius 1 is 1.18 bits per heavy atom. The van der Waals surface area contributed by atoms with Gasteiger partial charge in [-0.1, -0.05) is 31.2 Å². The fraction of sp³-hybridized carbons (Fsp3) is 0.318. The number of carbonyl (C=O) groups excluding carboxylic acids is 1. The molecule has 1 aliphatic rings. The predicted molar refractivity (Wildman–Crippen MR) is 108 cm³/mol. The lowest BCUT2D eigenvalue weighted by Crippen LogP contribution is -2.57. The quantitative estimate of drug-likeness (QED) is 0.686. The van der Waals surface area contributed by atoms with E-state index in [1.165, 1.54) is 10.1 Å². The van der Waals surface area contributed by atoms with Crippen molar-refractivity contribution >= 4 is 16.9 Å². The van der Waals surface area contributed by atoms with Crippen molar-refractivity contribution in [2.24, 2.45) is 0 Å². The van der Waals surface area contributed by atoms with Gasteiger partial charge in [0.25, 0.3) is 5.56 Å². The van der Waals surface area contributed by atoms with Gasteiger partial charge < -0.3 is 9.64 Å². The van der Waals surface area contributed by atoms with E-state index in [0.717, 1.165) is 12.2 Å². The first-order valence-electron chi connectivity index (χ1n) is 9.54. The first kappa shape index (κ1) is 18.2. The Labute approximate surface area is 163 Å². The molecule has 0 bridgehead atoms. The summed E-state index contributed by atoms with van der Waals surface area (Å²) in [5, 5.41) is 0. The minimum atomic E-state index is -0.225. The molecule has 6 heteroatoms. The molecule has 1 amide bonds. The van der Waals surface area contributed by atoms with E-state index in [-0.39, 0.29) is 24.1 Å². The molecule has 4 rings (SSSR count). The zero-order valence-electron chi connectivity index (χ0n) is 16.1. The number of hydrogen-bond acceptors (Lipinski definition) is 4. The first-order chi connectivity index (χ1) is 13.5. The second kappa shape index (κ2) is 7.46. The fourth-order valence-corrected chi connectivity index (χ4v) is 3.46. The molecule has 0 atom stereocenters. The van der Waals surface area contributed by atoms with E-state index in [1.54, 1.807) is 11.8 Å². The SMILES string of the molecule is CCc1cccc(OC2CN(C(=O)Cn3c(=O)c(C)nc4ccccc43)C2)c1. The summed E-state index contributed by atoms with van der Waals surface area (Å²) in [4.78, 5) is 31.3. The van der Waals surface area contributed by atoms with Crippen LogP contribution in [0.4, 0.5) is 0 Å². The summed E-state index contributed by atoms with van der Waals surface area (Å²) in [5.41, 5.74) is 2.79. The standard InChI is InChI=1S/C22H23N3O3/c1-3-16-7-6-8-17(11-16)28-18-12-24(13-18)21(26)14-25-20-10-5-4-9-19(20)23-15(2)22(25)27/h4-11,18H,3,12-14H2,1-2H3. The highest BCUT2D eigenvalue weighted by molar-refractivity contribution is 5.80. The number of ether oxygens (including phenoxy) is 1. The van der Waals surface area contributed by atoms with E-state index in [9.17, 15) is 9.59 Å². The van der Waals surface area contributed by atoms with Gasteiger partial charge in [0, 0.05) is 0 Å². The molecule has 2 aromatic carbocycles. The smallest absolute Gasteiger partial charge is 0.272 e. The third-order valence-electron chi connectivity index (χ3n) is 5.12. The number of likely N-dealkylation sites (tertiary alicyclic amines) is 1. The number of carbonyl (C=O) groups is 1. The van der Waals surface area contributed by atoms with Crippen LogP contribution in [0.1, 0.15) is 18.2 Å². The number of fused-ring (bicyclic) bond motifs is 1. The maximum Gasteiger partial charge on any atom is 0.272 e. The van der Waals surface area contributed by atoms with Gasteiger partial charge in [-0.25, -0.2) is 4.98 Å². The summed E-state index contributed by atoms with van der Waals surface area (Å²) >= 11 is 0. The van der Waals surface area contributed by atoms with Gasteiger partial charge in [-0.2, -0.15) is 0 Å². The maximum absolute atomic E-state index is 12.7. The fourth-order valence-electron chi connectivity index (χ4n) is 3.46. The summed E-state index contributed by atoms with van der Waals surface area (Å²) in [5.74, 6) is 0.753. The molecule has 1 saturated heterocycles. The summed E-state index contributed by atoms with van der Waals surface area (Å²) in [7, 11) is 0. The van der Waals surface area contributed by atoms with Crippen LogP contribution in [0.25, 0.3) is 11.0 Å². The average Bonchev–Trinajstić information content (AvgIpc) is 2.68. The molecule has 3 aromatic rings. The van der Waals surface area contributed by atoms with Crippen LogP contribution in [0.2, 0.25) is 0 Å². The zero-order chi connectivity index (χ0) is 19.7. The molecule has 0 N–H and O–H groups in total. The third kappa shape index (κ3) is 3.50. The number of aromatic nitrogens is 2. The summed E-state index contributed by atoms with van der Waals surface area (Å²) in [6.07, 6.45) is 0.948. The zero-order valence-corrected chi connectivity index (χ0v) is 16.1. The van der Waals surface area contributed by atoms with E-state index in [4.69, 9.17) is 4.74 Å². The highest BCUT2D eigenvalue weighted by atomic mass is 16.5. The van der Waals surface area contributed by atoms with Crippen molar-refractivity contribution in [3.63, 3.8) is 0 Å². The molecule has 144 valence electrons. The third-order valence-corrected chi connectivity index (χ3v) is 5.12. The largest absolute Gasteiger partial charge is 0.487 e. The highest BCUT2D eigenvalue weighted by Gasteiger charge is 2.32. The lowest BCUT2D eigenvalue weighted by Gasteiger charge is -2.39. The number of hydrogen-bond donors (Lipinski definition) is 0. The lowest BCUT2D eigenvalue weighted by molar-refractivity contribution is -0.140. The van der Waals surface area contributed by atoms with Gasteiger partial charge in [0.05, 0.1) is 24.1 Å². The Hall–Kier alpha value is -3.15. The van der Waals surface area contributed by atoms with E-state index < -0.39 is 0 Å². The number of benzene rings is 2. The van der Waals surface area contributed by atoms with Crippen LogP contribution < -0.4 is 10.3 Å². The Morgan fingerprint density at radius 2 is 1.96 bits per heavy atom. The Kier molecular flexibility index (Phi) is 4.86. The number of nitrogens with zero attached hydrogens (tertiary/aromatic N) is 3. The summed E-state index contributed by atoms with van der Waals surface area (Å²) in [6, 6.07) is 15.4. The number of aryl methyl sites for hydroxylation is 2. The molecular weight excluding hydrogens is 354 g/mol. The van der Waals surface area contributed by atoms with Gasteiger partial charge in [0.15, 0.2) is 0 Å². The van der Waals surface area contributed by atoms with Gasteiger partial charge in [-0.15, -0.1) is 0 Å². The normalized spacial score (nSPS) is 14.1. The van der Waals surface area contributed by atoms with Crippen molar-refractivity contribution in [3.8, 4) is 5.75 Å². The van der Waals surface area contributed by atoms with Crippen LogP contribution in [0.3, 0.4) is 0 Å². The summed E-state index contributed by atoms with van der Waals surface area (Å²) in [6.45, 7) is 4.86. The number of rotatable bonds is 5. The first-order valence-corrected chi connectivity index (χ1v) is 9.54. The molecule has 1 fully saturated rings. The van der Waals surface area contributed by atoms with Crippen molar-refractivity contribution in [2.75, 3.05) is 13.1 Å². The van der Waals surface area contributed by atoms with Crippen molar-refractivity contribution in [3.05, 3.63) is 70.1 Å². The molecule has 2 heterocycles. The van der Waals surface area contributed by atoms with E-state index in [2.05, 4.69) is 18.0 Å². The minimum Gasteiger partial charge on any atom is -0.487 e. The van der Waals surface area contributed by atoms with E-state index >= 15 is 0 Å². The van der Waals surface area contributed by atoms with Gasteiger partial charge in [-0.05, 0) is 43.2 Å². The number of para-hydroxylation sites is 2. The molecule has 1 aliphatic heterocycles. The van der Waals surface area contributed by atoms with Gasteiger partial charge in [-0.3, -0.25) is 14.2 Å². The maximum atomic E-state index is 12.7. The second-order valence-corrected chi connectivity index (χ2v) is 7.12. The van der Waals surface area contributed by atoms with Crippen LogP contribution in [-0.2, 0) is 17.8 Å². The lowest BCUT2D eigenvalue weighted by atomic mass is 10.1. The Morgan fingerprint density at radius 3 is 2.75 bits per heavy atom.